The number of fused-ring (bicyclic) bond motifs is 3. The van der Waals surface area contributed by atoms with E-state index in [0.29, 0.717) is 0 Å². The van der Waals surface area contributed by atoms with Crippen LogP contribution in [0.3, 0.4) is 0 Å². The second-order valence-electron chi connectivity index (χ2n) is 13.1. The number of nitrogens with one attached hydrogen (secondary N) is 2. The number of amides is 2. The molecule has 7 nitrogen and oxygen atoms in total. The molecule has 2 amide bonds. The van der Waals surface area contributed by atoms with E-state index in [1.807, 2.05) is 0 Å². The van der Waals surface area contributed by atoms with Gasteiger partial charge in [-0.05, 0) is 85.0 Å². The van der Waals surface area contributed by atoms with Crippen LogP contribution in [-0.2, 0) is 23.8 Å². The normalized spacial score (nSPS) is 43.8. The predicted molar refractivity (Wildman–Crippen MR) is 142 cm³/mol. The molecule has 6 aliphatic rings. The number of ether oxygens (including phenoxy) is 3. The number of carbonyl (C=O) groups is 2. The van der Waals surface area contributed by atoms with Crippen molar-refractivity contribution in [1.29, 1.82) is 0 Å². The molecule has 208 valence electrons. The molecule has 2 saturated heterocycles. The van der Waals surface area contributed by atoms with Crippen molar-refractivity contribution in [2.24, 2.45) is 16.7 Å². The highest BCUT2D eigenvalue weighted by molar-refractivity contribution is 5.87. The minimum atomic E-state index is -0.351. The Morgan fingerprint density at radius 1 is 1.03 bits per heavy atom. The second-order valence-corrected chi connectivity index (χ2v) is 13.1. The van der Waals surface area contributed by atoms with Crippen LogP contribution in [0, 0.1) is 16.7 Å². The topological polar surface area (TPSA) is 92.5 Å². The number of rotatable bonds is 10. The molecule has 1 unspecified atom stereocenters. The Labute approximate surface area is 222 Å². The molecule has 0 aromatic heterocycles. The molecule has 2 aliphatic heterocycles. The molecule has 0 aromatic carbocycles. The van der Waals surface area contributed by atoms with Crippen molar-refractivity contribution in [2.75, 3.05) is 20.3 Å². The lowest BCUT2D eigenvalue weighted by molar-refractivity contribution is -0.153. The molecule has 0 aromatic rings. The largest absolute Gasteiger partial charge is 0.379 e. The molecule has 1 spiro atoms. The number of methoxy groups -OCH3 is 1. The van der Waals surface area contributed by atoms with Gasteiger partial charge in [-0.3, -0.25) is 9.59 Å². The van der Waals surface area contributed by atoms with Crippen LogP contribution in [0.5, 0.6) is 0 Å². The fourth-order valence-corrected chi connectivity index (χ4v) is 7.90. The van der Waals surface area contributed by atoms with Crippen LogP contribution in [0.25, 0.3) is 0 Å². The minimum absolute atomic E-state index is 0.0530. The van der Waals surface area contributed by atoms with Gasteiger partial charge in [0.05, 0.1) is 30.5 Å². The Balaban J connectivity index is 1.24. The lowest BCUT2D eigenvalue weighted by Gasteiger charge is -2.52. The van der Waals surface area contributed by atoms with Gasteiger partial charge in [0.15, 0.2) is 0 Å². The van der Waals surface area contributed by atoms with Gasteiger partial charge in [-0.2, -0.15) is 0 Å². The van der Waals surface area contributed by atoms with E-state index in [-0.39, 0.29) is 58.0 Å². The maximum Gasteiger partial charge on any atom is 0.226 e. The van der Waals surface area contributed by atoms with Crippen LogP contribution in [0.4, 0.5) is 0 Å². The Morgan fingerprint density at radius 3 is 2.19 bits per heavy atom. The summed E-state index contributed by atoms with van der Waals surface area (Å²) in [6.45, 7) is 10.1. The lowest BCUT2D eigenvalue weighted by atomic mass is 9.53. The molecule has 7 heteroatoms. The highest BCUT2D eigenvalue weighted by Crippen LogP contribution is 2.60. The summed E-state index contributed by atoms with van der Waals surface area (Å²) in [5, 5.41) is 6.63. The zero-order valence-electron chi connectivity index (χ0n) is 23.6. The molecular weight excluding hydrogens is 468 g/mol. The average Bonchev–Trinajstić information content (AvgIpc) is 3.81. The van der Waals surface area contributed by atoms with E-state index >= 15 is 0 Å². The summed E-state index contributed by atoms with van der Waals surface area (Å²) in [5.41, 5.74) is 0.194. The second kappa shape index (κ2) is 9.95. The molecule has 6 atom stereocenters. The third-order valence-corrected chi connectivity index (χ3v) is 10.6. The highest BCUT2D eigenvalue weighted by atomic mass is 16.6. The maximum atomic E-state index is 13.8. The molecular formula is C30H48N2O5. The number of epoxide rings is 2. The lowest BCUT2D eigenvalue weighted by Crippen LogP contribution is -2.62. The van der Waals surface area contributed by atoms with Crippen molar-refractivity contribution in [3.05, 3.63) is 11.6 Å². The monoisotopic (exact) mass is 516 g/mol. The van der Waals surface area contributed by atoms with Gasteiger partial charge in [0.2, 0.25) is 11.8 Å². The summed E-state index contributed by atoms with van der Waals surface area (Å²) in [6, 6.07) is -0.0530. The summed E-state index contributed by atoms with van der Waals surface area (Å²) in [7, 11) is 1.76. The van der Waals surface area contributed by atoms with Gasteiger partial charge in [-0.25, -0.2) is 0 Å². The minimum Gasteiger partial charge on any atom is -0.379 e. The molecule has 6 rings (SSSR count). The first-order chi connectivity index (χ1) is 17.6. The first-order valence-electron chi connectivity index (χ1n) is 14.7. The van der Waals surface area contributed by atoms with E-state index in [2.05, 4.69) is 44.4 Å². The average molecular weight is 517 g/mol. The highest BCUT2D eigenvalue weighted by Gasteiger charge is 2.72. The quantitative estimate of drug-likeness (QED) is 0.255. The Kier molecular flexibility index (Phi) is 7.29. The SMILES string of the molecule is CCCCNC(=O)C12CCC(C(=O)N[C@@H]3CC[C@]4(CO4)[C@@H](C4(C)O[C@@H]4CC=C(C)C)[C@@H]3OC)(CC1)CC2. The van der Waals surface area contributed by atoms with Gasteiger partial charge in [0.25, 0.3) is 0 Å². The van der Waals surface area contributed by atoms with Gasteiger partial charge in [-0.1, -0.05) is 25.0 Å². The fourth-order valence-electron chi connectivity index (χ4n) is 7.90. The van der Waals surface area contributed by atoms with Gasteiger partial charge in [0.1, 0.15) is 5.60 Å². The van der Waals surface area contributed by atoms with E-state index < -0.39 is 0 Å². The van der Waals surface area contributed by atoms with Crippen LogP contribution >= 0.6 is 0 Å². The molecule has 2 bridgehead atoms. The van der Waals surface area contributed by atoms with Crippen molar-refractivity contribution in [1.82, 2.24) is 10.6 Å². The molecule has 0 radical (unpaired) electrons. The zero-order chi connectivity index (χ0) is 26.5. The number of hydrogen-bond donors (Lipinski definition) is 2. The number of carbonyl (C=O) groups excluding carboxylic acids is 2. The van der Waals surface area contributed by atoms with E-state index in [1.54, 1.807) is 7.11 Å². The molecule has 2 N–H and O–H groups in total. The van der Waals surface area contributed by atoms with E-state index in [4.69, 9.17) is 14.2 Å². The van der Waals surface area contributed by atoms with E-state index in [1.165, 1.54) is 5.57 Å². The fraction of sp³-hybridized carbons (Fsp3) is 0.867. The standard InChI is InChI=1S/C30H48N2O5/c1-6-7-18-31-25(33)28-12-15-29(16-13-28,17-14-28)26(34)32-21-10-11-30(19-36-30)24(23(21)35-5)27(4)22(37-27)9-8-20(2)3/h8,21-24H,6-7,9-19H2,1-5H3,(H,31,33)(H,32,34)/t21-,22-,23-,24-,27?,28?,29?,30+/m1/s1. The van der Waals surface area contributed by atoms with Crippen LogP contribution in [-0.4, -0.2) is 61.5 Å². The van der Waals surface area contributed by atoms with Gasteiger partial charge < -0.3 is 24.8 Å². The Bertz CT molecular complexity index is 898. The molecule has 4 aliphatic carbocycles. The maximum absolute atomic E-state index is 13.8. The summed E-state index contributed by atoms with van der Waals surface area (Å²) in [4.78, 5) is 26.8. The molecule has 37 heavy (non-hydrogen) atoms. The predicted octanol–water partition coefficient (Wildman–Crippen LogP) is 4.44. The summed E-state index contributed by atoms with van der Waals surface area (Å²) in [5.74, 6) is 0.460. The van der Waals surface area contributed by atoms with Gasteiger partial charge >= 0.3 is 0 Å². The number of allylic oxidation sites excluding steroid dienone is 1. The first-order valence-corrected chi connectivity index (χ1v) is 14.7. The van der Waals surface area contributed by atoms with Crippen LogP contribution in [0.1, 0.15) is 98.3 Å². The van der Waals surface area contributed by atoms with Gasteiger partial charge in [-0.15, -0.1) is 0 Å². The summed E-state index contributed by atoms with van der Waals surface area (Å²) >= 11 is 0. The number of unbranched alkanes of at least 4 members (excludes halogenated alkanes) is 1. The Morgan fingerprint density at radius 2 is 1.65 bits per heavy atom. The smallest absolute Gasteiger partial charge is 0.226 e. The van der Waals surface area contributed by atoms with E-state index in [0.717, 1.165) is 83.8 Å². The first kappa shape index (κ1) is 27.1. The Hall–Kier alpha value is -1.44. The third kappa shape index (κ3) is 4.78. The van der Waals surface area contributed by atoms with Crippen molar-refractivity contribution < 1.29 is 23.8 Å². The molecule has 4 saturated carbocycles. The van der Waals surface area contributed by atoms with Crippen molar-refractivity contribution in [3.8, 4) is 0 Å². The zero-order valence-corrected chi connectivity index (χ0v) is 23.6. The molecule has 6 fully saturated rings. The van der Waals surface area contributed by atoms with Crippen LogP contribution in [0.15, 0.2) is 11.6 Å². The van der Waals surface area contributed by atoms with E-state index in [9.17, 15) is 9.59 Å². The van der Waals surface area contributed by atoms with Gasteiger partial charge in [0, 0.05) is 30.4 Å². The van der Waals surface area contributed by atoms with Crippen LogP contribution < -0.4 is 10.6 Å². The van der Waals surface area contributed by atoms with Crippen LogP contribution in [0.2, 0.25) is 0 Å². The third-order valence-electron chi connectivity index (χ3n) is 10.6. The number of hydrogen-bond acceptors (Lipinski definition) is 5. The summed E-state index contributed by atoms with van der Waals surface area (Å²) in [6.07, 6.45) is 11.9. The van der Waals surface area contributed by atoms with Crippen molar-refractivity contribution >= 4 is 11.8 Å². The van der Waals surface area contributed by atoms with Crippen molar-refractivity contribution in [3.63, 3.8) is 0 Å². The summed E-state index contributed by atoms with van der Waals surface area (Å²) < 4.78 is 18.6. The molecule has 2 heterocycles. The van der Waals surface area contributed by atoms with Crippen molar-refractivity contribution in [2.45, 2.75) is 128 Å².